The first-order chi connectivity index (χ1) is 12.4. The lowest BCUT2D eigenvalue weighted by Crippen LogP contribution is -2.27. The van der Waals surface area contributed by atoms with Gasteiger partial charge in [-0.05, 0) is 31.5 Å². The van der Waals surface area contributed by atoms with Crippen LogP contribution >= 0.6 is 11.6 Å². The number of aromatic nitrogens is 1. The molecule has 0 atom stereocenters. The quantitative estimate of drug-likeness (QED) is 0.720. The molecule has 0 spiro atoms. The summed E-state index contributed by atoms with van der Waals surface area (Å²) in [5, 5.41) is 15.2. The Kier molecular flexibility index (Phi) is 6.26. The second-order valence-electron chi connectivity index (χ2n) is 5.51. The summed E-state index contributed by atoms with van der Waals surface area (Å²) >= 11 is 6.10. The zero-order valence-electron chi connectivity index (χ0n) is 14.7. The molecule has 0 unspecified atom stereocenters. The van der Waals surface area contributed by atoms with Crippen molar-refractivity contribution < 1.29 is 9.53 Å². The van der Waals surface area contributed by atoms with E-state index < -0.39 is 5.43 Å². The molecule has 0 saturated heterocycles. The number of methoxy groups -OCH3 is 1. The van der Waals surface area contributed by atoms with Crippen LogP contribution in [0.25, 0.3) is 0 Å². The van der Waals surface area contributed by atoms with Crippen molar-refractivity contribution in [3.8, 4) is 11.9 Å². The first-order valence-electron chi connectivity index (χ1n) is 7.93. The molecule has 26 heavy (non-hydrogen) atoms. The van der Waals surface area contributed by atoms with E-state index in [1.807, 2.05) is 19.9 Å². The number of aromatic amines is 1. The van der Waals surface area contributed by atoms with E-state index in [9.17, 15) is 9.59 Å². The molecule has 0 bridgehead atoms. The van der Waals surface area contributed by atoms with Gasteiger partial charge in [0.25, 0.3) is 5.91 Å². The minimum atomic E-state index is -0.395. The van der Waals surface area contributed by atoms with Gasteiger partial charge in [0.1, 0.15) is 11.8 Å². The number of nitriles is 1. The van der Waals surface area contributed by atoms with Crippen LogP contribution < -0.4 is 20.8 Å². The zero-order chi connectivity index (χ0) is 19.3. The predicted octanol–water partition coefficient (Wildman–Crippen LogP) is 2.58. The van der Waals surface area contributed by atoms with E-state index in [1.54, 1.807) is 12.1 Å². The van der Waals surface area contributed by atoms with Crippen LogP contribution in [0.3, 0.4) is 0 Å². The van der Waals surface area contributed by atoms with Gasteiger partial charge in [-0.3, -0.25) is 9.59 Å². The number of nitrogens with zero attached hydrogens (tertiary/aromatic N) is 1. The average Bonchev–Trinajstić information content (AvgIpc) is 2.62. The lowest BCUT2D eigenvalue weighted by Gasteiger charge is -2.14. The molecule has 136 valence electrons. The Labute approximate surface area is 155 Å². The average molecular weight is 375 g/mol. The fourth-order valence-electron chi connectivity index (χ4n) is 2.52. The number of hydrogen-bond donors (Lipinski definition) is 3. The number of halogens is 1. The van der Waals surface area contributed by atoms with E-state index >= 15 is 0 Å². The molecule has 1 heterocycles. The SMILES string of the molecule is CCNc1cc(Cl)cc(C(=O)NCc2c(OC)[nH]c(C#N)cc2=O)c1C. The van der Waals surface area contributed by atoms with Gasteiger partial charge in [0.05, 0.1) is 19.2 Å². The third kappa shape index (κ3) is 4.16. The van der Waals surface area contributed by atoms with Gasteiger partial charge < -0.3 is 20.4 Å². The van der Waals surface area contributed by atoms with Gasteiger partial charge in [-0.15, -0.1) is 0 Å². The normalized spacial score (nSPS) is 10.1. The van der Waals surface area contributed by atoms with Crippen LogP contribution in [0.2, 0.25) is 5.02 Å². The van der Waals surface area contributed by atoms with Crippen LogP contribution in [-0.2, 0) is 6.54 Å². The molecule has 3 N–H and O–H groups in total. The van der Waals surface area contributed by atoms with Crippen molar-refractivity contribution >= 4 is 23.2 Å². The van der Waals surface area contributed by atoms with E-state index in [0.717, 1.165) is 17.3 Å². The Bertz CT molecular complexity index is 931. The van der Waals surface area contributed by atoms with E-state index in [4.69, 9.17) is 21.6 Å². The van der Waals surface area contributed by atoms with Crippen LogP contribution in [0.5, 0.6) is 5.88 Å². The molecular formula is C18H19ClN4O3. The number of rotatable bonds is 6. The maximum absolute atomic E-state index is 12.6. The lowest BCUT2D eigenvalue weighted by molar-refractivity contribution is 0.0950. The number of anilines is 1. The summed E-state index contributed by atoms with van der Waals surface area (Å²) in [5.41, 5.74) is 1.87. The number of amides is 1. The van der Waals surface area contributed by atoms with Gasteiger partial charge in [0.2, 0.25) is 5.88 Å². The Hall–Kier alpha value is -2.98. The molecule has 1 amide bonds. The van der Waals surface area contributed by atoms with Gasteiger partial charge in [-0.1, -0.05) is 11.6 Å². The summed E-state index contributed by atoms with van der Waals surface area (Å²) < 4.78 is 5.11. The molecule has 7 nitrogen and oxygen atoms in total. The van der Waals surface area contributed by atoms with Crippen molar-refractivity contribution in [2.45, 2.75) is 20.4 Å². The van der Waals surface area contributed by atoms with Gasteiger partial charge >= 0.3 is 0 Å². The number of H-pyrrole nitrogens is 1. The smallest absolute Gasteiger partial charge is 0.251 e. The van der Waals surface area contributed by atoms with Crippen LogP contribution in [0.15, 0.2) is 23.0 Å². The molecule has 0 fully saturated rings. The first kappa shape index (κ1) is 19.3. The third-order valence-corrected chi connectivity index (χ3v) is 4.05. The minimum Gasteiger partial charge on any atom is -0.482 e. The Morgan fingerprint density at radius 2 is 2.12 bits per heavy atom. The molecule has 0 saturated carbocycles. The van der Waals surface area contributed by atoms with Gasteiger partial charge in [0, 0.05) is 28.9 Å². The van der Waals surface area contributed by atoms with Crippen molar-refractivity contribution in [2.75, 3.05) is 19.0 Å². The predicted molar refractivity (Wildman–Crippen MR) is 99.9 cm³/mol. The van der Waals surface area contributed by atoms with Crippen molar-refractivity contribution in [1.29, 1.82) is 5.26 Å². The van der Waals surface area contributed by atoms with Gasteiger partial charge in [0.15, 0.2) is 5.43 Å². The summed E-state index contributed by atoms with van der Waals surface area (Å²) in [4.78, 5) is 27.4. The Morgan fingerprint density at radius 3 is 2.73 bits per heavy atom. The van der Waals surface area contributed by atoms with E-state index in [0.29, 0.717) is 17.1 Å². The highest BCUT2D eigenvalue weighted by atomic mass is 35.5. The molecule has 0 aliphatic rings. The summed E-state index contributed by atoms with van der Waals surface area (Å²) in [6, 6.07) is 6.34. The molecule has 1 aromatic heterocycles. The fraction of sp³-hybridized carbons (Fsp3) is 0.278. The summed E-state index contributed by atoms with van der Waals surface area (Å²) in [6.07, 6.45) is 0. The number of hydrogen-bond acceptors (Lipinski definition) is 5. The third-order valence-electron chi connectivity index (χ3n) is 3.83. The highest BCUT2D eigenvalue weighted by molar-refractivity contribution is 6.31. The molecule has 0 radical (unpaired) electrons. The standard InChI is InChI=1S/C18H19ClN4O3/c1-4-21-15-6-11(19)5-13(10(15)2)17(25)22-9-14-16(24)7-12(8-20)23-18(14)26-3/h5-7,21H,4,9H2,1-3H3,(H,22,25)(H,23,24). The molecule has 0 aliphatic heterocycles. The van der Waals surface area contributed by atoms with Crippen LogP contribution in [0, 0.1) is 18.3 Å². The van der Waals surface area contributed by atoms with Gasteiger partial charge in [-0.25, -0.2) is 0 Å². The van der Waals surface area contributed by atoms with E-state index in [-0.39, 0.29) is 29.6 Å². The van der Waals surface area contributed by atoms with Crippen LogP contribution in [0.4, 0.5) is 5.69 Å². The van der Waals surface area contributed by atoms with Crippen molar-refractivity contribution in [2.24, 2.45) is 0 Å². The zero-order valence-corrected chi connectivity index (χ0v) is 15.5. The van der Waals surface area contributed by atoms with Crippen molar-refractivity contribution in [3.63, 3.8) is 0 Å². The lowest BCUT2D eigenvalue weighted by atomic mass is 10.1. The molecule has 0 aliphatic carbocycles. The van der Waals surface area contributed by atoms with Crippen molar-refractivity contribution in [3.05, 3.63) is 55.8 Å². The first-order valence-corrected chi connectivity index (χ1v) is 8.31. The van der Waals surface area contributed by atoms with Crippen LogP contribution in [0.1, 0.15) is 34.1 Å². The largest absolute Gasteiger partial charge is 0.482 e. The molecular weight excluding hydrogens is 356 g/mol. The van der Waals surface area contributed by atoms with Gasteiger partial charge in [-0.2, -0.15) is 5.26 Å². The molecule has 1 aromatic carbocycles. The van der Waals surface area contributed by atoms with E-state index in [2.05, 4.69) is 15.6 Å². The molecule has 2 rings (SSSR count). The molecule has 2 aromatic rings. The number of carbonyl (C=O) groups is 1. The number of benzene rings is 1. The number of ether oxygens (including phenoxy) is 1. The summed E-state index contributed by atoms with van der Waals surface area (Å²) in [5.74, 6) is -0.222. The summed E-state index contributed by atoms with van der Waals surface area (Å²) in [7, 11) is 1.38. The number of pyridine rings is 1. The minimum absolute atomic E-state index is 0.0501. The molecule has 8 heteroatoms. The number of carbonyl (C=O) groups excluding carboxylic acids is 1. The monoisotopic (exact) mass is 374 g/mol. The maximum atomic E-state index is 12.6. The summed E-state index contributed by atoms with van der Waals surface area (Å²) in [6.45, 7) is 4.41. The second kappa shape index (κ2) is 8.41. The number of nitrogens with one attached hydrogen (secondary N) is 3. The second-order valence-corrected chi connectivity index (χ2v) is 5.95. The Balaban J connectivity index is 2.28. The van der Waals surface area contributed by atoms with Crippen molar-refractivity contribution in [1.82, 2.24) is 10.3 Å². The van der Waals surface area contributed by atoms with Crippen LogP contribution in [-0.4, -0.2) is 24.5 Å². The van der Waals surface area contributed by atoms with E-state index in [1.165, 1.54) is 7.11 Å². The highest BCUT2D eigenvalue weighted by Crippen LogP contribution is 2.25. The maximum Gasteiger partial charge on any atom is 0.251 e. The highest BCUT2D eigenvalue weighted by Gasteiger charge is 2.16. The fourth-order valence-corrected chi connectivity index (χ4v) is 2.74. The topological polar surface area (TPSA) is 107 Å². The Morgan fingerprint density at radius 1 is 1.38 bits per heavy atom.